The molecule has 1 heterocycles. The molecule has 2 N–H and O–H groups in total. The lowest BCUT2D eigenvalue weighted by Gasteiger charge is -2.10. The third kappa shape index (κ3) is 6.56. The van der Waals surface area contributed by atoms with Crippen molar-refractivity contribution in [2.45, 2.75) is 45.1 Å². The first-order valence-electron chi connectivity index (χ1n) is 6.66. The van der Waals surface area contributed by atoms with Crippen LogP contribution in [0.1, 0.15) is 36.4 Å². The van der Waals surface area contributed by atoms with Crippen molar-refractivity contribution in [2.75, 3.05) is 13.6 Å². The average molecular weight is 394 g/mol. The number of rotatable bonds is 6. The molecule has 4 nitrogen and oxygen atoms in total. The monoisotopic (exact) mass is 394 g/mol. The van der Waals surface area contributed by atoms with Crippen molar-refractivity contribution in [2.24, 2.45) is 4.99 Å². The number of aromatic nitrogens is 1. The van der Waals surface area contributed by atoms with Crippen molar-refractivity contribution >= 4 is 41.3 Å². The Labute approximate surface area is 136 Å². The molecule has 0 amide bonds. The lowest BCUT2D eigenvalue weighted by Crippen LogP contribution is -2.38. The zero-order chi connectivity index (χ0) is 12.8. The number of aryl methyl sites for hydroxylation is 2. The van der Waals surface area contributed by atoms with Crippen LogP contribution < -0.4 is 10.6 Å². The molecule has 1 aromatic rings. The summed E-state index contributed by atoms with van der Waals surface area (Å²) >= 11 is 1.77. The third-order valence-corrected chi connectivity index (χ3v) is 3.94. The van der Waals surface area contributed by atoms with Gasteiger partial charge in [-0.1, -0.05) is 0 Å². The molecule has 1 fully saturated rings. The molecule has 1 aliphatic carbocycles. The molecule has 0 bridgehead atoms. The molecule has 0 aliphatic heterocycles. The Balaban J connectivity index is 0.00000180. The van der Waals surface area contributed by atoms with E-state index in [-0.39, 0.29) is 24.0 Å². The van der Waals surface area contributed by atoms with Crippen molar-refractivity contribution in [1.29, 1.82) is 0 Å². The Morgan fingerprint density at radius 2 is 2.26 bits per heavy atom. The van der Waals surface area contributed by atoms with E-state index in [4.69, 9.17) is 0 Å². The molecule has 6 heteroatoms. The topological polar surface area (TPSA) is 49.3 Å². The van der Waals surface area contributed by atoms with Gasteiger partial charge >= 0.3 is 0 Å². The van der Waals surface area contributed by atoms with Crippen LogP contribution in [0.25, 0.3) is 0 Å². The normalized spacial score (nSPS) is 14.9. The Morgan fingerprint density at radius 1 is 1.47 bits per heavy atom. The highest BCUT2D eigenvalue weighted by Gasteiger charge is 2.21. The van der Waals surface area contributed by atoms with Gasteiger partial charge in [-0.2, -0.15) is 0 Å². The van der Waals surface area contributed by atoms with Crippen LogP contribution in [-0.2, 0) is 6.42 Å². The molecule has 0 aromatic carbocycles. The van der Waals surface area contributed by atoms with Gasteiger partial charge in [0.2, 0.25) is 0 Å². The van der Waals surface area contributed by atoms with E-state index in [0.29, 0.717) is 6.04 Å². The third-order valence-electron chi connectivity index (χ3n) is 2.92. The van der Waals surface area contributed by atoms with Gasteiger partial charge in [0, 0.05) is 30.7 Å². The summed E-state index contributed by atoms with van der Waals surface area (Å²) in [4.78, 5) is 8.68. The molecular formula is C13H23IN4S. The molecular weight excluding hydrogens is 371 g/mol. The first kappa shape index (κ1) is 16.7. The lowest BCUT2D eigenvalue weighted by atomic mass is 10.2. The first-order valence-corrected chi connectivity index (χ1v) is 7.54. The number of nitrogens with zero attached hydrogens (tertiary/aromatic N) is 2. The van der Waals surface area contributed by atoms with E-state index >= 15 is 0 Å². The fourth-order valence-corrected chi connectivity index (χ4v) is 2.56. The largest absolute Gasteiger partial charge is 0.356 e. The minimum absolute atomic E-state index is 0. The van der Waals surface area contributed by atoms with Gasteiger partial charge in [-0.05, 0) is 39.0 Å². The maximum absolute atomic E-state index is 4.47. The highest BCUT2D eigenvalue weighted by molar-refractivity contribution is 14.0. The van der Waals surface area contributed by atoms with Crippen molar-refractivity contribution < 1.29 is 0 Å². The minimum atomic E-state index is 0. The number of thiazole rings is 1. The second-order valence-corrected chi connectivity index (χ2v) is 5.70. The van der Waals surface area contributed by atoms with Gasteiger partial charge < -0.3 is 10.6 Å². The van der Waals surface area contributed by atoms with Crippen molar-refractivity contribution in [3.05, 3.63) is 16.1 Å². The number of unbranched alkanes of at least 4 members (excludes halogenated alkanes) is 1. The number of halogens is 1. The first-order chi connectivity index (χ1) is 8.78. The Morgan fingerprint density at radius 3 is 2.84 bits per heavy atom. The molecule has 0 saturated heterocycles. The van der Waals surface area contributed by atoms with E-state index in [2.05, 4.69) is 32.9 Å². The SMILES string of the molecule is CN=C(NCCCCc1nc(C)cs1)NC1CC1.I. The quantitative estimate of drug-likeness (QED) is 0.338. The summed E-state index contributed by atoms with van der Waals surface area (Å²) in [6.45, 7) is 3.03. The molecule has 0 radical (unpaired) electrons. The number of nitrogens with one attached hydrogen (secondary N) is 2. The Hall–Kier alpha value is -0.370. The molecule has 1 aliphatic rings. The smallest absolute Gasteiger partial charge is 0.191 e. The van der Waals surface area contributed by atoms with Crippen LogP contribution in [0.15, 0.2) is 10.4 Å². The summed E-state index contributed by atoms with van der Waals surface area (Å²) in [5.41, 5.74) is 1.14. The van der Waals surface area contributed by atoms with Crippen molar-refractivity contribution in [1.82, 2.24) is 15.6 Å². The molecule has 1 saturated carbocycles. The fourth-order valence-electron chi connectivity index (χ4n) is 1.74. The van der Waals surface area contributed by atoms with E-state index in [1.54, 1.807) is 11.3 Å². The maximum atomic E-state index is 4.47. The summed E-state index contributed by atoms with van der Waals surface area (Å²) in [5, 5.41) is 10.1. The van der Waals surface area contributed by atoms with E-state index in [1.165, 1.54) is 24.3 Å². The number of hydrogen-bond acceptors (Lipinski definition) is 3. The van der Waals surface area contributed by atoms with Crippen LogP contribution in [-0.4, -0.2) is 30.6 Å². The average Bonchev–Trinajstić information content (AvgIpc) is 3.09. The summed E-state index contributed by atoms with van der Waals surface area (Å²) < 4.78 is 0. The zero-order valence-corrected chi connectivity index (χ0v) is 14.8. The highest BCUT2D eigenvalue weighted by atomic mass is 127. The number of hydrogen-bond donors (Lipinski definition) is 2. The van der Waals surface area contributed by atoms with Crippen LogP contribution in [0.2, 0.25) is 0 Å². The maximum Gasteiger partial charge on any atom is 0.191 e. The predicted molar refractivity (Wildman–Crippen MR) is 92.7 cm³/mol. The molecule has 1 aromatic heterocycles. The van der Waals surface area contributed by atoms with Gasteiger partial charge in [0.1, 0.15) is 0 Å². The van der Waals surface area contributed by atoms with Crippen LogP contribution in [0.3, 0.4) is 0 Å². The fraction of sp³-hybridized carbons (Fsp3) is 0.692. The summed E-state index contributed by atoms with van der Waals surface area (Å²) in [6, 6.07) is 0.662. The van der Waals surface area contributed by atoms with Crippen molar-refractivity contribution in [3.63, 3.8) is 0 Å². The van der Waals surface area contributed by atoms with Crippen LogP contribution in [0, 0.1) is 6.92 Å². The summed E-state index contributed by atoms with van der Waals surface area (Å²) in [7, 11) is 1.83. The molecule has 0 atom stereocenters. The van der Waals surface area contributed by atoms with Gasteiger partial charge in [-0.25, -0.2) is 4.98 Å². The highest BCUT2D eigenvalue weighted by Crippen LogP contribution is 2.18. The van der Waals surface area contributed by atoms with Crippen molar-refractivity contribution in [3.8, 4) is 0 Å². The number of aliphatic imine (C=N–C) groups is 1. The number of guanidine groups is 1. The van der Waals surface area contributed by atoms with Gasteiger partial charge in [0.05, 0.1) is 5.01 Å². The summed E-state index contributed by atoms with van der Waals surface area (Å²) in [5.74, 6) is 0.947. The molecule has 108 valence electrons. The van der Waals surface area contributed by atoms with E-state index in [1.807, 2.05) is 7.05 Å². The van der Waals surface area contributed by atoms with Gasteiger partial charge in [-0.15, -0.1) is 35.3 Å². The second-order valence-electron chi connectivity index (χ2n) is 4.76. The second kappa shape index (κ2) is 8.73. The minimum Gasteiger partial charge on any atom is -0.356 e. The summed E-state index contributed by atoms with van der Waals surface area (Å²) in [6.07, 6.45) is 5.99. The van der Waals surface area contributed by atoms with Crippen LogP contribution in [0.4, 0.5) is 0 Å². The Kier molecular flexibility index (Phi) is 7.67. The Bertz CT molecular complexity index is 401. The predicted octanol–water partition coefficient (Wildman–Crippen LogP) is 2.72. The molecule has 2 rings (SSSR count). The van der Waals surface area contributed by atoms with E-state index < -0.39 is 0 Å². The molecule has 0 spiro atoms. The van der Waals surface area contributed by atoms with Gasteiger partial charge in [-0.3, -0.25) is 4.99 Å². The van der Waals surface area contributed by atoms with Crippen LogP contribution >= 0.6 is 35.3 Å². The zero-order valence-electron chi connectivity index (χ0n) is 11.6. The lowest BCUT2D eigenvalue weighted by molar-refractivity contribution is 0.691. The standard InChI is InChI=1S/C13H22N4S.HI/c1-10-9-18-12(16-10)5-3-4-8-15-13(14-2)17-11-6-7-11;/h9,11H,3-8H2,1-2H3,(H2,14,15,17);1H. The van der Waals surface area contributed by atoms with Gasteiger partial charge in [0.25, 0.3) is 0 Å². The molecule has 0 unspecified atom stereocenters. The molecule has 19 heavy (non-hydrogen) atoms. The van der Waals surface area contributed by atoms with E-state index in [9.17, 15) is 0 Å². The van der Waals surface area contributed by atoms with Crippen LogP contribution in [0.5, 0.6) is 0 Å². The van der Waals surface area contributed by atoms with Gasteiger partial charge in [0.15, 0.2) is 5.96 Å². The van der Waals surface area contributed by atoms with E-state index in [0.717, 1.165) is 31.0 Å².